The molecule has 4 atom stereocenters. The number of halogens is 2. The molecule has 9 nitrogen and oxygen atoms in total. The Labute approximate surface area is 248 Å². The van der Waals surface area contributed by atoms with Crippen LogP contribution in [-0.2, 0) is 16.1 Å². The molecule has 0 aromatic carbocycles. The van der Waals surface area contributed by atoms with Crippen molar-refractivity contribution in [2.45, 2.75) is 89.9 Å². The number of nitrogens with zero attached hydrogens (tertiary/aromatic N) is 7. The van der Waals surface area contributed by atoms with Crippen molar-refractivity contribution in [3.05, 3.63) is 42.0 Å². The molecule has 3 aliphatic heterocycles. The van der Waals surface area contributed by atoms with E-state index in [-0.39, 0.29) is 54.1 Å². The smallest absolute Gasteiger partial charge is 0.289 e. The summed E-state index contributed by atoms with van der Waals surface area (Å²) in [6.07, 6.45) is 5.21. The highest BCUT2D eigenvalue weighted by molar-refractivity contribution is 5.97. The van der Waals surface area contributed by atoms with Crippen molar-refractivity contribution in [3.63, 3.8) is 0 Å². The van der Waals surface area contributed by atoms with Gasteiger partial charge in [0.25, 0.3) is 5.92 Å². The third-order valence-electron chi connectivity index (χ3n) is 9.12. The van der Waals surface area contributed by atoms with Gasteiger partial charge in [-0.25, -0.2) is 9.97 Å². The molecule has 42 heavy (non-hydrogen) atoms. The topological polar surface area (TPSA) is 80.7 Å². The molecule has 230 valence electrons. The fourth-order valence-corrected chi connectivity index (χ4v) is 6.86. The molecule has 3 aliphatic rings. The van der Waals surface area contributed by atoms with Crippen molar-refractivity contribution in [2.75, 3.05) is 55.6 Å². The zero-order chi connectivity index (χ0) is 30.2. The summed E-state index contributed by atoms with van der Waals surface area (Å²) >= 11 is 0. The number of carbonyl (C=O) groups is 1. The number of hydrogen-bond acceptors (Lipinski definition) is 8. The van der Waals surface area contributed by atoms with Crippen LogP contribution in [0.4, 0.5) is 20.4 Å². The van der Waals surface area contributed by atoms with Crippen molar-refractivity contribution < 1.29 is 13.6 Å². The number of anilines is 2. The Bertz CT molecular complexity index is 1230. The summed E-state index contributed by atoms with van der Waals surface area (Å²) in [5.74, 6) is -2.31. The summed E-state index contributed by atoms with van der Waals surface area (Å²) in [5, 5.41) is 3.61. The molecule has 0 saturated carbocycles. The van der Waals surface area contributed by atoms with E-state index in [2.05, 4.69) is 55.7 Å². The van der Waals surface area contributed by atoms with Crippen molar-refractivity contribution >= 4 is 17.5 Å². The molecule has 1 unspecified atom stereocenters. The molecular weight excluding hydrogens is 538 g/mol. The maximum atomic E-state index is 14.8. The molecule has 1 N–H and O–H groups in total. The van der Waals surface area contributed by atoms with Crippen LogP contribution in [0.1, 0.15) is 65.6 Å². The lowest BCUT2D eigenvalue weighted by atomic mass is 9.88. The lowest BCUT2D eigenvalue weighted by molar-refractivity contribution is -0.121. The fraction of sp³-hybridized carbons (Fsp3) is 0.677. The van der Waals surface area contributed by atoms with Crippen LogP contribution in [0.5, 0.6) is 0 Å². The number of pyridine rings is 1. The van der Waals surface area contributed by atoms with Gasteiger partial charge in [0.15, 0.2) is 0 Å². The predicted octanol–water partition coefficient (Wildman–Crippen LogP) is 3.65. The Hall–Kier alpha value is -2.76. The van der Waals surface area contributed by atoms with Crippen LogP contribution in [0.2, 0.25) is 0 Å². The van der Waals surface area contributed by atoms with E-state index < -0.39 is 5.92 Å². The molecule has 0 spiro atoms. The van der Waals surface area contributed by atoms with Crippen LogP contribution < -0.4 is 15.1 Å². The average Bonchev–Trinajstić information content (AvgIpc) is 3.22. The van der Waals surface area contributed by atoms with Gasteiger partial charge in [-0.05, 0) is 32.9 Å². The Morgan fingerprint density at radius 3 is 2.45 bits per heavy atom. The van der Waals surface area contributed by atoms with Crippen LogP contribution in [-0.4, -0.2) is 101 Å². The van der Waals surface area contributed by atoms with Crippen molar-refractivity contribution in [1.29, 1.82) is 0 Å². The second-order valence-electron chi connectivity index (χ2n) is 13.1. The molecule has 0 radical (unpaired) electrons. The van der Waals surface area contributed by atoms with E-state index in [1.807, 2.05) is 19.9 Å². The summed E-state index contributed by atoms with van der Waals surface area (Å²) in [6, 6.07) is 4.26. The van der Waals surface area contributed by atoms with Gasteiger partial charge in [-0.15, -0.1) is 0 Å². The monoisotopic (exact) mass is 584 g/mol. The predicted molar refractivity (Wildman–Crippen MR) is 161 cm³/mol. The van der Waals surface area contributed by atoms with Crippen molar-refractivity contribution in [2.24, 2.45) is 0 Å². The van der Waals surface area contributed by atoms with Gasteiger partial charge < -0.3 is 15.1 Å². The third kappa shape index (κ3) is 6.28. The molecule has 2 aromatic rings. The lowest BCUT2D eigenvalue weighted by Gasteiger charge is -2.48. The number of hydrogen-bond donors (Lipinski definition) is 1. The van der Waals surface area contributed by atoms with Crippen molar-refractivity contribution in [1.82, 2.24) is 30.1 Å². The number of rotatable bonds is 8. The number of carbonyl (C=O) groups excluding carboxylic acids is 1. The van der Waals surface area contributed by atoms with Crippen LogP contribution in [0.15, 0.2) is 30.7 Å². The molecular formula is C31H46F2N8O. The highest BCUT2D eigenvalue weighted by Crippen LogP contribution is 2.43. The first-order chi connectivity index (χ1) is 19.9. The normalized spacial score (nSPS) is 26.9. The van der Waals surface area contributed by atoms with Gasteiger partial charge in [-0.1, -0.05) is 27.2 Å². The second-order valence-corrected chi connectivity index (χ2v) is 13.1. The molecule has 0 aliphatic carbocycles. The van der Waals surface area contributed by atoms with E-state index in [1.54, 1.807) is 30.4 Å². The van der Waals surface area contributed by atoms with Gasteiger partial charge in [0.1, 0.15) is 5.69 Å². The first kappa shape index (κ1) is 30.7. The third-order valence-corrected chi connectivity index (χ3v) is 9.12. The number of alkyl halides is 2. The van der Waals surface area contributed by atoms with Crippen LogP contribution >= 0.6 is 0 Å². The van der Waals surface area contributed by atoms with Crippen LogP contribution in [0.25, 0.3) is 0 Å². The van der Waals surface area contributed by atoms with E-state index >= 15 is 0 Å². The zero-order valence-electron chi connectivity index (χ0n) is 25.9. The van der Waals surface area contributed by atoms with Crippen LogP contribution in [0, 0.1) is 0 Å². The Kier molecular flexibility index (Phi) is 8.83. The minimum Gasteiger partial charge on any atom is -0.338 e. The number of piperazine rings is 2. The Balaban J connectivity index is 1.31. The number of nitrogens with one attached hydrogen (secondary N) is 1. The summed E-state index contributed by atoms with van der Waals surface area (Å²) in [7, 11) is 0. The van der Waals surface area contributed by atoms with Gasteiger partial charge in [-0.2, -0.15) is 8.78 Å². The highest BCUT2D eigenvalue weighted by atomic mass is 19.3. The molecule has 2 saturated heterocycles. The molecule has 0 bridgehead atoms. The Morgan fingerprint density at radius 2 is 1.79 bits per heavy atom. The van der Waals surface area contributed by atoms with Gasteiger partial charge in [0.2, 0.25) is 11.9 Å². The minimum atomic E-state index is -3.02. The lowest BCUT2D eigenvalue weighted by Crippen LogP contribution is -2.65. The Morgan fingerprint density at radius 1 is 1.10 bits per heavy atom. The SMILES string of the molecule is CCCC(F)(F)c1cc2c(cn1)C(C)(C)CN2C(=O)CN1CC(C)NC[C@@H]1CN1[C@H](C)CN(c2ncccn2)C[C@H]1C. The number of aromatic nitrogens is 3. The molecule has 5 rings (SSSR count). The highest BCUT2D eigenvalue weighted by Gasteiger charge is 2.42. The summed E-state index contributed by atoms with van der Waals surface area (Å²) in [5.41, 5.74) is 0.807. The fourth-order valence-electron chi connectivity index (χ4n) is 6.86. The first-order valence-electron chi connectivity index (χ1n) is 15.3. The van der Waals surface area contributed by atoms with E-state index in [0.29, 0.717) is 18.7 Å². The van der Waals surface area contributed by atoms with Gasteiger partial charge in [-0.3, -0.25) is 19.6 Å². The first-order valence-corrected chi connectivity index (χ1v) is 15.3. The maximum absolute atomic E-state index is 14.8. The molecule has 5 heterocycles. The minimum absolute atomic E-state index is 0.0518. The van der Waals surface area contributed by atoms with Crippen molar-refractivity contribution in [3.8, 4) is 0 Å². The van der Waals surface area contributed by atoms with E-state index in [4.69, 9.17) is 0 Å². The maximum Gasteiger partial charge on any atom is 0.289 e. The largest absolute Gasteiger partial charge is 0.338 e. The molecule has 2 fully saturated rings. The number of amides is 1. The van der Waals surface area contributed by atoms with E-state index in [9.17, 15) is 13.6 Å². The van der Waals surface area contributed by atoms with E-state index in [1.165, 1.54) is 6.07 Å². The summed E-state index contributed by atoms with van der Waals surface area (Å²) in [4.78, 5) is 35.8. The average molecular weight is 585 g/mol. The standard InChI is InChI=1S/C31H46F2N8O/c1-7-9-31(32,33)27-12-26-25(14-37-27)30(5,6)20-41(26)28(42)19-38-15-21(2)36-13-24(38)18-40-22(3)16-39(17-23(40)4)29-34-10-8-11-35-29/h8,10-12,14,21-24,36H,7,9,13,15-20H2,1-6H3/t21?,22-,23-,24-/m1/s1. The zero-order valence-corrected chi connectivity index (χ0v) is 25.9. The van der Waals surface area contributed by atoms with Gasteiger partial charge in [0.05, 0.1) is 12.2 Å². The summed E-state index contributed by atoms with van der Waals surface area (Å²) in [6.45, 7) is 17.2. The van der Waals surface area contributed by atoms with Gasteiger partial charge in [0, 0.05) is 99.4 Å². The summed E-state index contributed by atoms with van der Waals surface area (Å²) < 4.78 is 29.6. The molecule has 2 aromatic heterocycles. The molecule has 11 heteroatoms. The van der Waals surface area contributed by atoms with Crippen LogP contribution in [0.3, 0.4) is 0 Å². The van der Waals surface area contributed by atoms with E-state index in [0.717, 1.165) is 44.2 Å². The molecule has 1 amide bonds. The van der Waals surface area contributed by atoms with Gasteiger partial charge >= 0.3 is 0 Å². The quantitative estimate of drug-likeness (QED) is 0.504. The second kappa shape index (κ2) is 12.1. The number of fused-ring (bicyclic) bond motifs is 1.